The SMILES string of the molecule is O=C(c1ccccc1)C(Cl)[C@@H]1CCCC[C@@H]1Cl. The van der Waals surface area contributed by atoms with Crippen LogP contribution in [0.1, 0.15) is 36.0 Å². The average molecular weight is 271 g/mol. The smallest absolute Gasteiger partial charge is 0.180 e. The van der Waals surface area contributed by atoms with Gasteiger partial charge in [0.15, 0.2) is 5.78 Å². The molecule has 0 aliphatic heterocycles. The summed E-state index contributed by atoms with van der Waals surface area (Å²) in [6.07, 6.45) is 4.20. The van der Waals surface area contributed by atoms with E-state index in [1.807, 2.05) is 30.3 Å². The van der Waals surface area contributed by atoms with E-state index in [1.165, 1.54) is 0 Å². The maximum Gasteiger partial charge on any atom is 0.180 e. The number of hydrogen-bond acceptors (Lipinski definition) is 1. The molecule has 0 amide bonds. The Hall–Kier alpha value is -0.530. The van der Waals surface area contributed by atoms with E-state index in [0.717, 1.165) is 25.7 Å². The Labute approximate surface area is 112 Å². The number of carbonyl (C=O) groups is 1. The van der Waals surface area contributed by atoms with Crippen molar-refractivity contribution in [3.8, 4) is 0 Å². The minimum atomic E-state index is -0.486. The van der Waals surface area contributed by atoms with Gasteiger partial charge in [0.2, 0.25) is 0 Å². The van der Waals surface area contributed by atoms with Crippen LogP contribution in [0.4, 0.5) is 0 Å². The number of alkyl halides is 2. The number of ketones is 1. The molecule has 1 fully saturated rings. The Balaban J connectivity index is 2.09. The van der Waals surface area contributed by atoms with E-state index in [1.54, 1.807) is 0 Å². The fraction of sp³-hybridized carbons (Fsp3) is 0.500. The van der Waals surface area contributed by atoms with E-state index in [9.17, 15) is 4.79 Å². The van der Waals surface area contributed by atoms with E-state index in [4.69, 9.17) is 23.2 Å². The van der Waals surface area contributed by atoms with Gasteiger partial charge in [-0.05, 0) is 18.8 Å². The van der Waals surface area contributed by atoms with Crippen LogP contribution in [0.5, 0.6) is 0 Å². The summed E-state index contributed by atoms with van der Waals surface area (Å²) in [4.78, 5) is 12.2. The molecule has 1 aliphatic rings. The van der Waals surface area contributed by atoms with Crippen molar-refractivity contribution in [2.24, 2.45) is 5.92 Å². The van der Waals surface area contributed by atoms with Gasteiger partial charge in [0.1, 0.15) is 5.38 Å². The lowest BCUT2D eigenvalue weighted by Crippen LogP contribution is -2.33. The summed E-state index contributed by atoms with van der Waals surface area (Å²) >= 11 is 12.6. The summed E-state index contributed by atoms with van der Waals surface area (Å²) in [5, 5.41) is -0.445. The van der Waals surface area contributed by atoms with Crippen LogP contribution in [0.3, 0.4) is 0 Å². The second-order valence-corrected chi connectivity index (χ2v) is 5.63. The van der Waals surface area contributed by atoms with Gasteiger partial charge in [-0.15, -0.1) is 23.2 Å². The van der Waals surface area contributed by atoms with Gasteiger partial charge >= 0.3 is 0 Å². The molecule has 92 valence electrons. The van der Waals surface area contributed by atoms with Gasteiger partial charge in [0.25, 0.3) is 0 Å². The third kappa shape index (κ3) is 3.02. The van der Waals surface area contributed by atoms with Crippen LogP contribution in [0.15, 0.2) is 30.3 Å². The number of rotatable bonds is 3. The molecule has 1 aliphatic carbocycles. The first-order valence-corrected chi connectivity index (χ1v) is 6.95. The summed E-state index contributed by atoms with van der Waals surface area (Å²) in [5.41, 5.74) is 0.682. The monoisotopic (exact) mass is 270 g/mol. The second-order valence-electron chi connectivity index (χ2n) is 4.60. The highest BCUT2D eigenvalue weighted by Crippen LogP contribution is 2.34. The Kier molecular flexibility index (Phi) is 4.47. The molecule has 1 saturated carbocycles. The fourth-order valence-electron chi connectivity index (χ4n) is 2.40. The van der Waals surface area contributed by atoms with Crippen molar-refractivity contribution in [1.29, 1.82) is 0 Å². The molecule has 2 rings (SSSR count). The topological polar surface area (TPSA) is 17.1 Å². The summed E-state index contributed by atoms with van der Waals surface area (Å²) in [7, 11) is 0. The van der Waals surface area contributed by atoms with E-state index in [-0.39, 0.29) is 17.1 Å². The zero-order valence-electron chi connectivity index (χ0n) is 9.61. The minimum absolute atomic E-state index is 0.00446. The van der Waals surface area contributed by atoms with Gasteiger partial charge in [0.05, 0.1) is 0 Å². The molecule has 1 aromatic rings. The summed E-state index contributed by atoms with van der Waals surface area (Å²) < 4.78 is 0. The van der Waals surface area contributed by atoms with Crippen LogP contribution in [0.25, 0.3) is 0 Å². The van der Waals surface area contributed by atoms with Crippen molar-refractivity contribution < 1.29 is 4.79 Å². The average Bonchev–Trinajstić information content (AvgIpc) is 2.39. The summed E-state index contributed by atoms with van der Waals surface area (Å²) in [5.74, 6) is 0.115. The predicted molar refractivity (Wildman–Crippen MR) is 72.0 cm³/mol. The minimum Gasteiger partial charge on any atom is -0.292 e. The first-order chi connectivity index (χ1) is 8.20. The van der Waals surface area contributed by atoms with E-state index >= 15 is 0 Å². The van der Waals surface area contributed by atoms with E-state index < -0.39 is 5.38 Å². The molecular formula is C14H16Cl2O. The lowest BCUT2D eigenvalue weighted by Gasteiger charge is -2.29. The zero-order chi connectivity index (χ0) is 12.3. The molecule has 3 heteroatoms. The second kappa shape index (κ2) is 5.88. The highest BCUT2D eigenvalue weighted by atomic mass is 35.5. The maximum absolute atomic E-state index is 12.2. The normalized spacial score (nSPS) is 26.5. The molecule has 3 atom stereocenters. The zero-order valence-corrected chi connectivity index (χ0v) is 11.1. The van der Waals surface area contributed by atoms with Crippen LogP contribution in [-0.4, -0.2) is 16.5 Å². The predicted octanol–water partition coefficient (Wildman–Crippen LogP) is 4.27. The van der Waals surface area contributed by atoms with Crippen molar-refractivity contribution in [2.75, 3.05) is 0 Å². The van der Waals surface area contributed by atoms with E-state index in [2.05, 4.69) is 0 Å². The molecule has 0 saturated heterocycles. The Morgan fingerprint density at radius 2 is 1.82 bits per heavy atom. The molecule has 0 heterocycles. The third-order valence-corrected chi connectivity index (χ3v) is 4.48. The molecule has 17 heavy (non-hydrogen) atoms. The lowest BCUT2D eigenvalue weighted by atomic mass is 9.84. The summed E-state index contributed by atoms with van der Waals surface area (Å²) in [6.45, 7) is 0. The number of hydrogen-bond donors (Lipinski definition) is 0. The fourth-order valence-corrected chi connectivity index (χ4v) is 3.33. The third-order valence-electron chi connectivity index (χ3n) is 3.42. The first kappa shape index (κ1) is 12.9. The molecule has 0 spiro atoms. The molecule has 1 nitrogen and oxygen atoms in total. The van der Waals surface area contributed by atoms with Crippen LogP contribution in [0.2, 0.25) is 0 Å². The molecule has 0 bridgehead atoms. The van der Waals surface area contributed by atoms with Crippen molar-refractivity contribution >= 4 is 29.0 Å². The van der Waals surface area contributed by atoms with Gasteiger partial charge in [-0.1, -0.05) is 43.2 Å². The van der Waals surface area contributed by atoms with Crippen LogP contribution in [0, 0.1) is 5.92 Å². The van der Waals surface area contributed by atoms with Gasteiger partial charge < -0.3 is 0 Å². The van der Waals surface area contributed by atoms with Gasteiger partial charge in [0, 0.05) is 10.9 Å². The largest absolute Gasteiger partial charge is 0.292 e. The molecular weight excluding hydrogens is 255 g/mol. The van der Waals surface area contributed by atoms with Crippen molar-refractivity contribution in [2.45, 2.75) is 36.4 Å². The maximum atomic E-state index is 12.2. The van der Waals surface area contributed by atoms with Crippen molar-refractivity contribution in [3.63, 3.8) is 0 Å². The van der Waals surface area contributed by atoms with Crippen LogP contribution in [-0.2, 0) is 0 Å². The van der Waals surface area contributed by atoms with Crippen molar-refractivity contribution in [1.82, 2.24) is 0 Å². The summed E-state index contributed by atoms with van der Waals surface area (Å²) in [6, 6.07) is 9.23. The molecule has 0 radical (unpaired) electrons. The number of carbonyl (C=O) groups excluding carboxylic acids is 1. The Morgan fingerprint density at radius 1 is 1.18 bits per heavy atom. The molecule has 0 N–H and O–H groups in total. The Morgan fingerprint density at radius 3 is 2.47 bits per heavy atom. The highest BCUT2D eigenvalue weighted by Gasteiger charge is 2.33. The molecule has 1 unspecified atom stereocenters. The highest BCUT2D eigenvalue weighted by molar-refractivity contribution is 6.35. The van der Waals surface area contributed by atoms with Gasteiger partial charge in [-0.3, -0.25) is 4.79 Å². The number of Topliss-reactive ketones (excluding diaryl/α,β-unsaturated/α-hetero) is 1. The van der Waals surface area contributed by atoms with Crippen LogP contribution < -0.4 is 0 Å². The van der Waals surface area contributed by atoms with Crippen molar-refractivity contribution in [3.05, 3.63) is 35.9 Å². The van der Waals surface area contributed by atoms with E-state index in [0.29, 0.717) is 5.56 Å². The molecule has 1 aromatic carbocycles. The Bertz CT molecular complexity index is 377. The van der Waals surface area contributed by atoms with Crippen LogP contribution >= 0.6 is 23.2 Å². The number of benzene rings is 1. The van der Waals surface area contributed by atoms with Gasteiger partial charge in [-0.2, -0.15) is 0 Å². The molecule has 0 aromatic heterocycles. The lowest BCUT2D eigenvalue weighted by molar-refractivity contribution is 0.0957. The first-order valence-electron chi connectivity index (χ1n) is 6.07. The van der Waals surface area contributed by atoms with Gasteiger partial charge in [-0.25, -0.2) is 0 Å². The standard InChI is InChI=1S/C14H16Cl2O/c15-12-9-5-4-8-11(12)13(16)14(17)10-6-2-1-3-7-10/h1-3,6-7,11-13H,4-5,8-9H2/t11-,12+,13?/m1/s1. The number of halogens is 2. The quantitative estimate of drug-likeness (QED) is 0.592.